The van der Waals surface area contributed by atoms with Gasteiger partial charge in [-0.1, -0.05) is 6.58 Å². The van der Waals surface area contributed by atoms with Gasteiger partial charge in [-0.3, -0.25) is 4.55 Å². The molecule has 6 nitrogen and oxygen atoms in total. The second-order valence-corrected chi connectivity index (χ2v) is 7.63. The maximum atomic E-state index is 11.1. The molecule has 0 heterocycles. The van der Waals surface area contributed by atoms with E-state index in [0.717, 1.165) is 13.0 Å². The van der Waals surface area contributed by atoms with E-state index in [2.05, 4.69) is 6.58 Å². The minimum atomic E-state index is -3.99. The van der Waals surface area contributed by atoms with Gasteiger partial charge in [0, 0.05) is 5.57 Å². The van der Waals surface area contributed by atoms with Crippen LogP contribution in [0.3, 0.4) is 0 Å². The van der Waals surface area contributed by atoms with E-state index in [9.17, 15) is 13.2 Å². The van der Waals surface area contributed by atoms with Gasteiger partial charge in [0.1, 0.15) is 5.25 Å². The Balaban J connectivity index is 4.00. The lowest BCUT2D eigenvalue weighted by atomic mass is 10.2. The van der Waals surface area contributed by atoms with Crippen LogP contribution < -0.4 is 0 Å². The summed E-state index contributed by atoms with van der Waals surface area (Å²) in [5, 5.41) is -0.793. The van der Waals surface area contributed by atoms with Crippen molar-refractivity contribution >= 4 is 16.1 Å². The average Bonchev–Trinajstić information content (AvgIpc) is 2.25. The number of hydrogen-bond acceptors (Lipinski definition) is 4. The molecule has 0 aromatic heterocycles. The Hall–Kier alpha value is -0.920. The summed E-state index contributed by atoms with van der Waals surface area (Å²) >= 11 is 0. The van der Waals surface area contributed by atoms with Crippen LogP contribution in [0, 0.1) is 0 Å². The number of rotatable bonds is 9. The van der Waals surface area contributed by atoms with Gasteiger partial charge in [0.15, 0.2) is 0 Å². The maximum absolute atomic E-state index is 11.1. The first-order chi connectivity index (χ1) is 8.96. The van der Waals surface area contributed by atoms with Crippen molar-refractivity contribution in [3.63, 3.8) is 0 Å². The summed E-state index contributed by atoms with van der Waals surface area (Å²) in [7, 11) is -0.178. The predicted molar refractivity (Wildman–Crippen MR) is 77.9 cm³/mol. The van der Waals surface area contributed by atoms with E-state index in [1.807, 2.05) is 14.1 Å². The van der Waals surface area contributed by atoms with E-state index >= 15 is 0 Å². The largest absolute Gasteiger partial charge is 0.462 e. The van der Waals surface area contributed by atoms with Crippen LogP contribution in [0.4, 0.5) is 0 Å². The second kappa shape index (κ2) is 7.75. The molecule has 0 aliphatic carbocycles. The van der Waals surface area contributed by atoms with Crippen LogP contribution >= 0.6 is 0 Å². The molecule has 0 fully saturated rings. The topological polar surface area (TPSA) is 80.7 Å². The number of carbonyl (C=O) groups excluding carboxylic acids is 1. The summed E-state index contributed by atoms with van der Waals surface area (Å²) < 4.78 is 36.4. The Kier molecular flexibility index (Phi) is 7.40. The number of ether oxygens (including phenoxy) is 1. The van der Waals surface area contributed by atoms with Crippen LogP contribution in [0.1, 0.15) is 26.7 Å². The van der Waals surface area contributed by atoms with E-state index in [-0.39, 0.29) is 0 Å². The highest BCUT2D eigenvalue weighted by atomic mass is 32.2. The Morgan fingerprint density at radius 1 is 1.35 bits per heavy atom. The zero-order valence-corrected chi connectivity index (χ0v) is 13.6. The van der Waals surface area contributed by atoms with Crippen molar-refractivity contribution in [3.05, 3.63) is 12.2 Å². The molecule has 0 aliphatic rings. The van der Waals surface area contributed by atoms with Crippen LogP contribution in [0.2, 0.25) is 0 Å². The monoisotopic (exact) mass is 308 g/mol. The van der Waals surface area contributed by atoms with E-state index < -0.39 is 21.3 Å². The van der Waals surface area contributed by atoms with Gasteiger partial charge in [0.25, 0.3) is 10.1 Å². The maximum Gasteiger partial charge on any atom is 0.333 e. The fraction of sp³-hybridized carbons (Fsp3) is 0.769. The lowest BCUT2D eigenvalue weighted by Crippen LogP contribution is -2.47. The smallest absolute Gasteiger partial charge is 0.333 e. The van der Waals surface area contributed by atoms with Gasteiger partial charge in [-0.15, -0.1) is 0 Å². The van der Waals surface area contributed by atoms with Crippen LogP contribution in [0.5, 0.6) is 0 Å². The van der Waals surface area contributed by atoms with E-state index in [1.54, 1.807) is 6.92 Å². The van der Waals surface area contributed by atoms with Gasteiger partial charge < -0.3 is 9.22 Å². The van der Waals surface area contributed by atoms with Crippen molar-refractivity contribution in [2.45, 2.75) is 31.9 Å². The molecule has 1 unspecified atom stereocenters. The van der Waals surface area contributed by atoms with Gasteiger partial charge in [0.05, 0.1) is 33.8 Å². The lowest BCUT2D eigenvalue weighted by molar-refractivity contribution is -0.890. The molecule has 0 bridgehead atoms. The summed E-state index contributed by atoms with van der Waals surface area (Å²) in [4.78, 5) is 11.1. The Bertz CT molecular complexity index is 442. The summed E-state index contributed by atoms with van der Waals surface area (Å²) in [6.45, 7) is 7.99. The highest BCUT2D eigenvalue weighted by molar-refractivity contribution is 7.86. The van der Waals surface area contributed by atoms with Crippen molar-refractivity contribution < 1.29 is 27.0 Å². The molecule has 20 heavy (non-hydrogen) atoms. The highest BCUT2D eigenvalue weighted by Gasteiger charge is 2.26. The number of hydrogen-bond donors (Lipinski definition) is 1. The van der Waals surface area contributed by atoms with Crippen LogP contribution in [-0.4, -0.2) is 62.5 Å². The number of unbranched alkanes of at least 4 members (excludes halogenated alkanes) is 1. The van der Waals surface area contributed by atoms with E-state index in [0.29, 0.717) is 29.6 Å². The standard InChI is InChI=1S/C13H25NO5S/c1-11(2)13(15)19-9-7-6-8-14(4,5)10-12(3)20(16,17)18/h12H,1,6-10H2,2-5H3/p+1. The lowest BCUT2D eigenvalue weighted by Gasteiger charge is -2.31. The minimum absolute atomic E-state index is 0.333. The number of carbonyl (C=O) groups is 1. The zero-order valence-electron chi connectivity index (χ0n) is 12.8. The normalized spacial score (nSPS) is 13.8. The molecule has 7 heteroatoms. The van der Waals surface area contributed by atoms with Crippen LogP contribution in [-0.2, 0) is 19.6 Å². The SMILES string of the molecule is C=C(C)C(=O)OCCCC[N+](C)(C)CC(C)S(=O)(=O)O. The van der Waals surface area contributed by atoms with Crippen molar-refractivity contribution in [1.82, 2.24) is 0 Å². The summed E-state index contributed by atoms with van der Waals surface area (Å²) in [5.41, 5.74) is 0.378. The Morgan fingerprint density at radius 2 is 1.90 bits per heavy atom. The molecule has 0 aromatic rings. The minimum Gasteiger partial charge on any atom is -0.462 e. The summed E-state index contributed by atoms with van der Waals surface area (Å²) in [6, 6.07) is 0. The fourth-order valence-electron chi connectivity index (χ4n) is 1.81. The fourth-order valence-corrected chi connectivity index (χ4v) is 2.40. The molecule has 0 saturated carbocycles. The summed E-state index contributed by atoms with van der Waals surface area (Å²) in [5.74, 6) is -0.390. The molecule has 118 valence electrons. The summed E-state index contributed by atoms with van der Waals surface area (Å²) in [6.07, 6.45) is 1.51. The van der Waals surface area contributed by atoms with Crippen molar-refractivity contribution in [2.24, 2.45) is 0 Å². The Labute approximate surface area is 121 Å². The third-order valence-corrected chi connectivity index (χ3v) is 4.17. The molecule has 1 N–H and O–H groups in total. The van der Waals surface area contributed by atoms with Crippen LogP contribution in [0.15, 0.2) is 12.2 Å². The third-order valence-electron chi connectivity index (χ3n) is 3.00. The second-order valence-electron chi connectivity index (χ2n) is 5.79. The first-order valence-corrected chi connectivity index (χ1v) is 8.07. The van der Waals surface area contributed by atoms with Gasteiger partial charge >= 0.3 is 5.97 Å². The molecular weight excluding hydrogens is 282 g/mol. The van der Waals surface area contributed by atoms with E-state index in [1.165, 1.54) is 6.92 Å². The number of quaternary nitrogens is 1. The molecule has 0 aliphatic heterocycles. The van der Waals surface area contributed by atoms with Crippen molar-refractivity contribution in [2.75, 3.05) is 33.8 Å². The van der Waals surface area contributed by atoms with Gasteiger partial charge in [-0.25, -0.2) is 4.79 Å². The van der Waals surface area contributed by atoms with Gasteiger partial charge in [-0.2, -0.15) is 8.42 Å². The molecule has 0 rings (SSSR count). The highest BCUT2D eigenvalue weighted by Crippen LogP contribution is 2.08. The number of esters is 1. The molecular formula is C13H26NO5S+. The molecule has 0 spiro atoms. The molecule has 1 atom stereocenters. The molecule has 0 amide bonds. The van der Waals surface area contributed by atoms with Gasteiger partial charge in [0.2, 0.25) is 0 Å². The molecule has 0 aromatic carbocycles. The average molecular weight is 308 g/mol. The first kappa shape index (κ1) is 19.1. The number of nitrogens with zero attached hydrogens (tertiary/aromatic N) is 1. The van der Waals surface area contributed by atoms with Crippen LogP contribution in [0.25, 0.3) is 0 Å². The van der Waals surface area contributed by atoms with Gasteiger partial charge in [-0.05, 0) is 26.7 Å². The quantitative estimate of drug-likeness (QED) is 0.228. The third kappa shape index (κ3) is 8.29. The predicted octanol–water partition coefficient (Wildman–Crippen LogP) is 1.24. The van der Waals surface area contributed by atoms with Crippen molar-refractivity contribution in [3.8, 4) is 0 Å². The molecule has 0 radical (unpaired) electrons. The zero-order chi connectivity index (χ0) is 16.0. The Morgan fingerprint density at radius 3 is 2.35 bits per heavy atom. The molecule has 0 saturated heterocycles. The van der Waals surface area contributed by atoms with E-state index in [4.69, 9.17) is 9.29 Å². The first-order valence-electron chi connectivity index (χ1n) is 6.56. The van der Waals surface area contributed by atoms with Crippen molar-refractivity contribution in [1.29, 1.82) is 0 Å².